The minimum absolute atomic E-state index is 0.389. The second-order valence-electron chi connectivity index (χ2n) is 6.83. The molecule has 0 aromatic carbocycles. The number of hydrogen-bond acceptors (Lipinski definition) is 2. The molecule has 17 heavy (non-hydrogen) atoms. The Labute approximate surface area is 106 Å². The van der Waals surface area contributed by atoms with Crippen LogP contribution >= 0.6 is 0 Å². The summed E-state index contributed by atoms with van der Waals surface area (Å²) in [4.78, 5) is 0. The van der Waals surface area contributed by atoms with Crippen LogP contribution in [0.25, 0.3) is 0 Å². The Morgan fingerprint density at radius 1 is 1.06 bits per heavy atom. The molecule has 2 heteroatoms. The van der Waals surface area contributed by atoms with E-state index in [2.05, 4.69) is 19.2 Å². The molecule has 2 fully saturated rings. The summed E-state index contributed by atoms with van der Waals surface area (Å²) in [5, 5.41) is 13.2. The van der Waals surface area contributed by atoms with Crippen molar-refractivity contribution in [1.82, 2.24) is 5.32 Å². The number of aliphatic hydroxyl groups is 1. The molecule has 100 valence electrons. The second kappa shape index (κ2) is 5.71. The van der Waals surface area contributed by atoms with Crippen molar-refractivity contribution in [3.8, 4) is 0 Å². The van der Waals surface area contributed by atoms with E-state index < -0.39 is 0 Å². The molecular formula is C15H29NO. The molecule has 2 N–H and O–H groups in total. The van der Waals surface area contributed by atoms with Gasteiger partial charge in [-0.3, -0.25) is 0 Å². The highest BCUT2D eigenvalue weighted by molar-refractivity contribution is 4.89. The normalized spacial score (nSPS) is 37.2. The average molecular weight is 239 g/mol. The maximum atomic E-state index is 9.35. The number of aliphatic hydroxyl groups excluding tert-OH is 1. The minimum atomic E-state index is 0.389. The fraction of sp³-hybridized carbons (Fsp3) is 1.00. The summed E-state index contributed by atoms with van der Waals surface area (Å²) in [5.74, 6) is 1.28. The van der Waals surface area contributed by atoms with Gasteiger partial charge in [0.05, 0.1) is 0 Å². The Bertz CT molecular complexity index is 239. The van der Waals surface area contributed by atoms with Crippen molar-refractivity contribution in [1.29, 1.82) is 0 Å². The van der Waals surface area contributed by atoms with E-state index >= 15 is 0 Å². The lowest BCUT2D eigenvalue weighted by molar-refractivity contribution is 0.147. The van der Waals surface area contributed by atoms with Gasteiger partial charge in [0, 0.05) is 12.6 Å². The van der Waals surface area contributed by atoms with Gasteiger partial charge in [0.15, 0.2) is 0 Å². The molecule has 2 aliphatic carbocycles. The van der Waals surface area contributed by atoms with E-state index in [-0.39, 0.29) is 0 Å². The topological polar surface area (TPSA) is 32.3 Å². The van der Waals surface area contributed by atoms with Gasteiger partial charge in [-0.2, -0.15) is 0 Å². The highest BCUT2D eigenvalue weighted by Gasteiger charge is 2.33. The van der Waals surface area contributed by atoms with Crippen molar-refractivity contribution >= 4 is 0 Å². The van der Waals surface area contributed by atoms with Crippen LogP contribution in [0.4, 0.5) is 0 Å². The zero-order valence-corrected chi connectivity index (χ0v) is 11.5. The van der Waals surface area contributed by atoms with Crippen molar-refractivity contribution in [2.75, 3.05) is 13.2 Å². The van der Waals surface area contributed by atoms with E-state index in [9.17, 15) is 5.11 Å². The maximum Gasteiger partial charge on any atom is 0.0462 e. The van der Waals surface area contributed by atoms with Crippen LogP contribution in [0, 0.1) is 17.3 Å². The summed E-state index contributed by atoms with van der Waals surface area (Å²) in [6, 6.07) is 0.691. The van der Waals surface area contributed by atoms with Crippen LogP contribution in [-0.4, -0.2) is 24.3 Å². The first-order chi connectivity index (χ1) is 8.13. The first kappa shape index (κ1) is 13.4. The molecule has 2 aliphatic rings. The summed E-state index contributed by atoms with van der Waals surface area (Å²) >= 11 is 0. The Kier molecular flexibility index (Phi) is 4.48. The Balaban J connectivity index is 1.80. The molecule has 0 amide bonds. The molecular weight excluding hydrogens is 210 g/mol. The first-order valence-corrected chi connectivity index (χ1v) is 7.48. The smallest absolute Gasteiger partial charge is 0.0462 e. The molecule has 3 atom stereocenters. The number of rotatable bonds is 4. The van der Waals surface area contributed by atoms with Gasteiger partial charge in [0.25, 0.3) is 0 Å². The van der Waals surface area contributed by atoms with E-state index in [4.69, 9.17) is 0 Å². The molecule has 0 aromatic heterocycles. The summed E-state index contributed by atoms with van der Waals surface area (Å²) in [6.07, 6.45) is 9.33. The molecule has 0 saturated heterocycles. The third-order valence-corrected chi connectivity index (χ3v) is 5.18. The van der Waals surface area contributed by atoms with Gasteiger partial charge in [-0.05, 0) is 49.5 Å². The van der Waals surface area contributed by atoms with Crippen molar-refractivity contribution in [2.24, 2.45) is 17.3 Å². The fourth-order valence-electron chi connectivity index (χ4n) is 3.79. The Morgan fingerprint density at radius 3 is 2.53 bits per heavy atom. The second-order valence-corrected chi connectivity index (χ2v) is 6.83. The van der Waals surface area contributed by atoms with Crippen LogP contribution in [-0.2, 0) is 0 Å². The van der Waals surface area contributed by atoms with Gasteiger partial charge in [0.1, 0.15) is 0 Å². The molecule has 0 heterocycles. The van der Waals surface area contributed by atoms with Gasteiger partial charge in [-0.15, -0.1) is 0 Å². The summed E-state index contributed by atoms with van der Waals surface area (Å²) < 4.78 is 0. The highest BCUT2D eigenvalue weighted by Crippen LogP contribution is 2.36. The summed E-state index contributed by atoms with van der Waals surface area (Å²) in [5.41, 5.74) is 0.464. The molecule has 0 spiro atoms. The van der Waals surface area contributed by atoms with Crippen molar-refractivity contribution < 1.29 is 5.11 Å². The zero-order chi connectivity index (χ0) is 12.3. The zero-order valence-electron chi connectivity index (χ0n) is 11.5. The van der Waals surface area contributed by atoms with Gasteiger partial charge < -0.3 is 10.4 Å². The average Bonchev–Trinajstić information content (AvgIpc) is 2.74. The quantitative estimate of drug-likeness (QED) is 0.790. The van der Waals surface area contributed by atoms with Gasteiger partial charge in [-0.1, -0.05) is 33.1 Å². The fourth-order valence-corrected chi connectivity index (χ4v) is 3.79. The van der Waals surface area contributed by atoms with E-state index in [0.29, 0.717) is 24.0 Å². The van der Waals surface area contributed by atoms with E-state index in [1.54, 1.807) is 0 Å². The predicted molar refractivity (Wildman–Crippen MR) is 72.0 cm³/mol. The number of hydrogen-bond donors (Lipinski definition) is 2. The van der Waals surface area contributed by atoms with Crippen molar-refractivity contribution in [2.45, 2.75) is 64.8 Å². The van der Waals surface area contributed by atoms with Gasteiger partial charge in [0.2, 0.25) is 0 Å². The largest absolute Gasteiger partial charge is 0.396 e. The minimum Gasteiger partial charge on any atom is -0.396 e. The van der Waals surface area contributed by atoms with Gasteiger partial charge >= 0.3 is 0 Å². The molecule has 0 aliphatic heterocycles. The third-order valence-electron chi connectivity index (χ3n) is 5.18. The third kappa shape index (κ3) is 3.23. The van der Waals surface area contributed by atoms with Crippen LogP contribution in [0.2, 0.25) is 0 Å². The Morgan fingerprint density at radius 2 is 1.82 bits per heavy atom. The van der Waals surface area contributed by atoms with Crippen LogP contribution < -0.4 is 5.32 Å². The molecule has 2 saturated carbocycles. The summed E-state index contributed by atoms with van der Waals surface area (Å²) in [6.45, 7) is 6.32. The lowest BCUT2D eigenvalue weighted by atomic mass is 9.73. The van der Waals surface area contributed by atoms with Crippen LogP contribution in [0.15, 0.2) is 0 Å². The lowest BCUT2D eigenvalue weighted by Gasteiger charge is -2.40. The molecule has 0 bridgehead atoms. The maximum absolute atomic E-state index is 9.35. The van der Waals surface area contributed by atoms with Crippen LogP contribution in [0.3, 0.4) is 0 Å². The van der Waals surface area contributed by atoms with Crippen molar-refractivity contribution in [3.05, 3.63) is 0 Å². The van der Waals surface area contributed by atoms with E-state index in [1.165, 1.54) is 44.9 Å². The van der Waals surface area contributed by atoms with Gasteiger partial charge in [-0.25, -0.2) is 0 Å². The molecule has 3 unspecified atom stereocenters. The van der Waals surface area contributed by atoms with Crippen LogP contribution in [0.5, 0.6) is 0 Å². The standard InChI is InChI=1S/C15H29NO/c1-15(2)9-4-3-8-14(15)16-10-12-6-5-7-13(12)11-17/h12-14,16-17H,3-11H2,1-2H3. The highest BCUT2D eigenvalue weighted by atomic mass is 16.3. The molecule has 2 nitrogen and oxygen atoms in total. The predicted octanol–water partition coefficient (Wildman–Crippen LogP) is 2.95. The number of nitrogens with one attached hydrogen (secondary N) is 1. The summed E-state index contributed by atoms with van der Waals surface area (Å²) in [7, 11) is 0. The van der Waals surface area contributed by atoms with E-state index in [0.717, 1.165) is 12.5 Å². The lowest BCUT2D eigenvalue weighted by Crippen LogP contribution is -2.46. The van der Waals surface area contributed by atoms with Crippen LogP contribution in [0.1, 0.15) is 58.8 Å². The molecule has 0 aromatic rings. The Hall–Kier alpha value is -0.0800. The molecule has 2 rings (SSSR count). The first-order valence-electron chi connectivity index (χ1n) is 7.48. The van der Waals surface area contributed by atoms with Crippen molar-refractivity contribution in [3.63, 3.8) is 0 Å². The van der Waals surface area contributed by atoms with E-state index in [1.807, 2.05) is 0 Å². The molecule has 0 radical (unpaired) electrons. The SMILES string of the molecule is CC1(C)CCCCC1NCC1CCCC1CO. The monoisotopic (exact) mass is 239 g/mol.